The number of rotatable bonds is 1. The summed E-state index contributed by atoms with van der Waals surface area (Å²) < 4.78 is 37.5. The van der Waals surface area contributed by atoms with Gasteiger partial charge in [0.1, 0.15) is 21.8 Å². The quantitative estimate of drug-likeness (QED) is 0.878. The summed E-state index contributed by atoms with van der Waals surface area (Å²) in [4.78, 5) is 11.2. The summed E-state index contributed by atoms with van der Waals surface area (Å²) >= 11 is 3.11. The van der Waals surface area contributed by atoms with Crippen molar-refractivity contribution in [3.63, 3.8) is 0 Å². The minimum Gasteiger partial charge on any atom is -0.382 e. The first kappa shape index (κ1) is 12.7. The van der Waals surface area contributed by atoms with Crippen LogP contribution in [0.15, 0.2) is 29.1 Å². The zero-order valence-electron chi connectivity index (χ0n) is 8.74. The molecular weight excluding hydrogens is 313 g/mol. The Kier molecular flexibility index (Phi) is 3.20. The average Bonchev–Trinajstić information content (AvgIpc) is 2.31. The lowest BCUT2D eigenvalue weighted by Gasteiger charge is -2.07. The monoisotopic (exact) mass is 318 g/mol. The first-order chi connectivity index (χ1) is 8.38. The standard InChI is InChI=1S/C10H6BrF3N4/c11-7-4-17-9(15)8(18-7)5-1-2-6(16-3-5)10(12,13)14/h1-4H,(H2,15,17). The number of halogens is 4. The van der Waals surface area contributed by atoms with E-state index < -0.39 is 11.9 Å². The van der Waals surface area contributed by atoms with E-state index in [0.717, 1.165) is 12.3 Å². The van der Waals surface area contributed by atoms with Gasteiger partial charge in [0.25, 0.3) is 0 Å². The van der Waals surface area contributed by atoms with Gasteiger partial charge in [-0.25, -0.2) is 9.97 Å². The molecule has 0 aliphatic carbocycles. The molecule has 2 aromatic rings. The molecule has 94 valence electrons. The van der Waals surface area contributed by atoms with Crippen LogP contribution in [0.3, 0.4) is 0 Å². The fourth-order valence-corrected chi connectivity index (χ4v) is 1.57. The molecule has 2 aromatic heterocycles. The van der Waals surface area contributed by atoms with Crippen LogP contribution >= 0.6 is 15.9 Å². The maximum absolute atomic E-state index is 12.3. The second kappa shape index (κ2) is 4.52. The SMILES string of the molecule is Nc1ncc(Br)nc1-c1ccc(C(F)(F)F)nc1. The van der Waals surface area contributed by atoms with Crippen molar-refractivity contribution < 1.29 is 13.2 Å². The zero-order chi connectivity index (χ0) is 13.3. The lowest BCUT2D eigenvalue weighted by atomic mass is 10.2. The highest BCUT2D eigenvalue weighted by Crippen LogP contribution is 2.29. The van der Waals surface area contributed by atoms with Crippen LogP contribution in [0.5, 0.6) is 0 Å². The van der Waals surface area contributed by atoms with Crippen molar-refractivity contribution in [1.29, 1.82) is 0 Å². The smallest absolute Gasteiger partial charge is 0.382 e. The number of nitrogens with zero attached hydrogens (tertiary/aromatic N) is 3. The second-order valence-electron chi connectivity index (χ2n) is 3.36. The van der Waals surface area contributed by atoms with Crippen LogP contribution in [0.1, 0.15) is 5.69 Å². The van der Waals surface area contributed by atoms with Crippen LogP contribution in [0, 0.1) is 0 Å². The summed E-state index contributed by atoms with van der Waals surface area (Å²) in [5.41, 5.74) is 5.29. The van der Waals surface area contributed by atoms with E-state index in [0.29, 0.717) is 10.2 Å². The number of aromatic nitrogens is 3. The highest BCUT2D eigenvalue weighted by atomic mass is 79.9. The molecule has 8 heteroatoms. The highest BCUT2D eigenvalue weighted by molar-refractivity contribution is 9.10. The second-order valence-corrected chi connectivity index (χ2v) is 4.17. The molecule has 0 atom stereocenters. The highest BCUT2D eigenvalue weighted by Gasteiger charge is 2.32. The molecule has 2 N–H and O–H groups in total. The molecule has 0 bridgehead atoms. The summed E-state index contributed by atoms with van der Waals surface area (Å²) in [7, 11) is 0. The van der Waals surface area contributed by atoms with Crippen LogP contribution in [-0.4, -0.2) is 15.0 Å². The van der Waals surface area contributed by atoms with Gasteiger partial charge in [-0.05, 0) is 28.1 Å². The molecule has 0 amide bonds. The zero-order valence-corrected chi connectivity index (χ0v) is 10.3. The van der Waals surface area contributed by atoms with Gasteiger partial charge in [0.15, 0.2) is 0 Å². The molecule has 0 radical (unpaired) electrons. The molecule has 0 fully saturated rings. The first-order valence-corrected chi connectivity index (χ1v) is 5.49. The van der Waals surface area contributed by atoms with E-state index in [-0.39, 0.29) is 11.5 Å². The van der Waals surface area contributed by atoms with Gasteiger partial charge in [-0.2, -0.15) is 13.2 Å². The van der Waals surface area contributed by atoms with Crippen molar-refractivity contribution in [2.24, 2.45) is 0 Å². The van der Waals surface area contributed by atoms with Crippen LogP contribution in [-0.2, 0) is 6.18 Å². The van der Waals surface area contributed by atoms with Gasteiger partial charge >= 0.3 is 6.18 Å². The van der Waals surface area contributed by atoms with E-state index in [4.69, 9.17) is 5.73 Å². The Balaban J connectivity index is 2.43. The molecule has 0 unspecified atom stereocenters. The van der Waals surface area contributed by atoms with Gasteiger partial charge in [-0.15, -0.1) is 0 Å². The summed E-state index contributed by atoms with van der Waals surface area (Å²) in [6.07, 6.45) is -2.00. The lowest BCUT2D eigenvalue weighted by Crippen LogP contribution is -2.07. The van der Waals surface area contributed by atoms with Crippen molar-refractivity contribution in [3.05, 3.63) is 34.8 Å². The number of anilines is 1. The van der Waals surface area contributed by atoms with Gasteiger partial charge in [-0.3, -0.25) is 4.98 Å². The normalized spacial score (nSPS) is 11.6. The van der Waals surface area contributed by atoms with Gasteiger partial charge in [0.05, 0.1) is 6.20 Å². The third-order valence-electron chi connectivity index (χ3n) is 2.10. The molecule has 4 nitrogen and oxygen atoms in total. The average molecular weight is 319 g/mol. The molecule has 0 saturated heterocycles. The Hall–Kier alpha value is -1.70. The van der Waals surface area contributed by atoms with E-state index >= 15 is 0 Å². The predicted molar refractivity (Wildman–Crippen MR) is 62.4 cm³/mol. The third-order valence-corrected chi connectivity index (χ3v) is 2.48. The predicted octanol–water partition coefficient (Wildman–Crippen LogP) is 2.90. The number of hydrogen-bond acceptors (Lipinski definition) is 4. The Morgan fingerprint density at radius 3 is 2.39 bits per heavy atom. The fraction of sp³-hybridized carbons (Fsp3) is 0.100. The lowest BCUT2D eigenvalue weighted by molar-refractivity contribution is -0.141. The number of nitrogen functional groups attached to an aromatic ring is 1. The number of pyridine rings is 1. The van der Waals surface area contributed by atoms with E-state index in [2.05, 4.69) is 30.9 Å². The van der Waals surface area contributed by atoms with Crippen molar-refractivity contribution in [2.75, 3.05) is 5.73 Å². The van der Waals surface area contributed by atoms with Gasteiger partial charge in [0.2, 0.25) is 0 Å². The summed E-state index contributed by atoms with van der Waals surface area (Å²) in [5.74, 6) is 0.125. The number of hydrogen-bond donors (Lipinski definition) is 1. The van der Waals surface area contributed by atoms with Gasteiger partial charge in [-0.1, -0.05) is 0 Å². The minimum atomic E-state index is -4.47. The van der Waals surface area contributed by atoms with Crippen LogP contribution in [0.4, 0.5) is 19.0 Å². The van der Waals surface area contributed by atoms with E-state index in [1.54, 1.807) is 0 Å². The molecule has 0 saturated carbocycles. The molecule has 2 heterocycles. The molecule has 2 rings (SSSR count). The first-order valence-electron chi connectivity index (χ1n) is 4.69. The summed E-state index contributed by atoms with van der Waals surface area (Å²) in [5, 5.41) is 0. The third kappa shape index (κ3) is 2.58. The fourth-order valence-electron chi connectivity index (χ4n) is 1.29. The maximum Gasteiger partial charge on any atom is 0.433 e. The minimum absolute atomic E-state index is 0.125. The van der Waals surface area contributed by atoms with E-state index in [1.807, 2.05) is 0 Å². The molecule has 0 aliphatic rings. The molecule has 0 spiro atoms. The van der Waals surface area contributed by atoms with Crippen LogP contribution < -0.4 is 5.73 Å². The molecule has 0 aliphatic heterocycles. The summed E-state index contributed by atoms with van der Waals surface area (Å²) in [6, 6.07) is 2.12. The van der Waals surface area contributed by atoms with E-state index in [1.165, 1.54) is 12.3 Å². The number of alkyl halides is 3. The molecule has 0 aromatic carbocycles. The van der Waals surface area contributed by atoms with E-state index in [9.17, 15) is 13.2 Å². The van der Waals surface area contributed by atoms with Crippen LogP contribution in [0.25, 0.3) is 11.3 Å². The van der Waals surface area contributed by atoms with Crippen molar-refractivity contribution >= 4 is 21.7 Å². The maximum atomic E-state index is 12.3. The molecule has 18 heavy (non-hydrogen) atoms. The Morgan fingerprint density at radius 2 is 1.83 bits per heavy atom. The van der Waals surface area contributed by atoms with Gasteiger partial charge < -0.3 is 5.73 Å². The van der Waals surface area contributed by atoms with Crippen molar-refractivity contribution in [3.8, 4) is 11.3 Å². The number of nitrogens with two attached hydrogens (primary N) is 1. The largest absolute Gasteiger partial charge is 0.433 e. The summed E-state index contributed by atoms with van der Waals surface area (Å²) in [6.45, 7) is 0. The van der Waals surface area contributed by atoms with Crippen molar-refractivity contribution in [2.45, 2.75) is 6.18 Å². The Morgan fingerprint density at radius 1 is 1.11 bits per heavy atom. The van der Waals surface area contributed by atoms with Crippen molar-refractivity contribution in [1.82, 2.24) is 15.0 Å². The Bertz CT molecular complexity index is 568. The van der Waals surface area contributed by atoms with Gasteiger partial charge in [0, 0.05) is 11.8 Å². The topological polar surface area (TPSA) is 64.7 Å². The Labute approximate surface area is 108 Å². The molecular formula is C10H6BrF3N4. The van der Waals surface area contributed by atoms with Crippen LogP contribution in [0.2, 0.25) is 0 Å².